The zero-order chi connectivity index (χ0) is 16.1. The maximum Gasteiger partial charge on any atom is 0.275 e. The van der Waals surface area contributed by atoms with Crippen molar-refractivity contribution in [3.05, 3.63) is 34.7 Å². The van der Waals surface area contributed by atoms with Crippen molar-refractivity contribution < 1.29 is 4.79 Å². The Hall–Kier alpha value is -2.15. The summed E-state index contributed by atoms with van der Waals surface area (Å²) in [4.78, 5) is 18.1. The van der Waals surface area contributed by atoms with Gasteiger partial charge in [-0.15, -0.1) is 11.3 Å². The van der Waals surface area contributed by atoms with Crippen molar-refractivity contribution >= 4 is 28.0 Å². The van der Waals surface area contributed by atoms with E-state index in [1.165, 1.54) is 24.2 Å². The summed E-state index contributed by atoms with van der Waals surface area (Å²) >= 11 is 1.53. The molecule has 1 aliphatic rings. The van der Waals surface area contributed by atoms with Gasteiger partial charge in [0.25, 0.3) is 5.91 Å². The Morgan fingerprint density at radius 3 is 2.96 bits per heavy atom. The van der Waals surface area contributed by atoms with Crippen LogP contribution >= 0.6 is 11.3 Å². The first-order chi connectivity index (χ1) is 11.1. The first-order valence-corrected chi connectivity index (χ1v) is 8.72. The van der Waals surface area contributed by atoms with E-state index in [1.807, 2.05) is 40.7 Å². The molecule has 0 radical (unpaired) electrons. The number of anilines is 1. The first kappa shape index (κ1) is 14.4. The monoisotopic (exact) mass is 329 g/mol. The number of thiazole rings is 1. The Labute approximate surface area is 138 Å². The van der Waals surface area contributed by atoms with Crippen LogP contribution in [0.3, 0.4) is 0 Å². The Bertz CT molecular complexity index is 886. The van der Waals surface area contributed by atoms with Gasteiger partial charge in [0.2, 0.25) is 0 Å². The van der Waals surface area contributed by atoms with Gasteiger partial charge >= 0.3 is 0 Å². The molecule has 0 unspecified atom stereocenters. The molecule has 1 amide bonds. The molecular formula is C16H19N5OS. The molecule has 0 aliphatic heterocycles. The van der Waals surface area contributed by atoms with Crippen LogP contribution in [0.5, 0.6) is 0 Å². The highest BCUT2D eigenvalue weighted by atomic mass is 32.1. The number of carbonyl (C=O) groups is 1. The average Bonchev–Trinajstić information content (AvgIpc) is 3.07. The molecule has 3 aromatic rings. The van der Waals surface area contributed by atoms with Crippen molar-refractivity contribution in [2.24, 2.45) is 5.92 Å². The number of hydrogen-bond acceptors (Lipinski definition) is 4. The molecule has 120 valence electrons. The quantitative estimate of drug-likeness (QED) is 0.797. The van der Waals surface area contributed by atoms with Crippen molar-refractivity contribution in [1.82, 2.24) is 19.2 Å². The van der Waals surface area contributed by atoms with Gasteiger partial charge in [-0.1, -0.05) is 0 Å². The number of carbonyl (C=O) groups excluding carboxylic acids is 1. The van der Waals surface area contributed by atoms with Crippen LogP contribution in [-0.2, 0) is 0 Å². The maximum absolute atomic E-state index is 12.8. The highest BCUT2D eigenvalue weighted by Gasteiger charge is 2.31. The zero-order valence-electron chi connectivity index (χ0n) is 13.4. The summed E-state index contributed by atoms with van der Waals surface area (Å²) in [7, 11) is 0. The summed E-state index contributed by atoms with van der Waals surface area (Å²) in [6, 6.07) is 0.312. The predicted molar refractivity (Wildman–Crippen MR) is 90.2 cm³/mol. The number of aromatic nitrogens is 4. The molecule has 7 heteroatoms. The molecule has 0 aromatic carbocycles. The molecule has 1 aliphatic carbocycles. The van der Waals surface area contributed by atoms with E-state index < -0.39 is 0 Å². The van der Waals surface area contributed by atoms with E-state index in [0.717, 1.165) is 22.0 Å². The Balaban J connectivity index is 1.68. The van der Waals surface area contributed by atoms with Gasteiger partial charge in [0.05, 0.1) is 17.9 Å². The second-order valence-corrected chi connectivity index (χ2v) is 7.13. The highest BCUT2D eigenvalue weighted by molar-refractivity contribution is 7.15. The minimum Gasteiger partial charge on any atom is -0.305 e. The fourth-order valence-corrected chi connectivity index (χ4v) is 3.79. The van der Waals surface area contributed by atoms with E-state index in [2.05, 4.69) is 22.3 Å². The zero-order valence-corrected chi connectivity index (χ0v) is 14.2. The van der Waals surface area contributed by atoms with E-state index in [4.69, 9.17) is 0 Å². The van der Waals surface area contributed by atoms with Gasteiger partial charge in [0.15, 0.2) is 4.96 Å². The third-order valence-corrected chi connectivity index (χ3v) is 5.31. The summed E-state index contributed by atoms with van der Waals surface area (Å²) in [5, 5.41) is 9.45. The third-order valence-electron chi connectivity index (χ3n) is 4.55. The average molecular weight is 329 g/mol. The van der Waals surface area contributed by atoms with E-state index in [-0.39, 0.29) is 5.91 Å². The van der Waals surface area contributed by atoms with Crippen LogP contribution in [0, 0.1) is 19.8 Å². The lowest BCUT2D eigenvalue weighted by molar-refractivity contribution is 0.101. The van der Waals surface area contributed by atoms with Crippen molar-refractivity contribution in [3.63, 3.8) is 0 Å². The normalized spacial score (nSPS) is 16.0. The van der Waals surface area contributed by atoms with Crippen LogP contribution in [0.25, 0.3) is 4.96 Å². The van der Waals surface area contributed by atoms with Gasteiger partial charge < -0.3 is 5.32 Å². The van der Waals surface area contributed by atoms with Gasteiger partial charge in [0.1, 0.15) is 11.5 Å². The number of imidazole rings is 1. The van der Waals surface area contributed by atoms with Crippen LogP contribution in [-0.4, -0.2) is 25.1 Å². The van der Waals surface area contributed by atoms with E-state index in [1.54, 1.807) is 0 Å². The van der Waals surface area contributed by atoms with Crippen molar-refractivity contribution in [3.8, 4) is 0 Å². The van der Waals surface area contributed by atoms with E-state index >= 15 is 0 Å². The molecule has 4 rings (SSSR count). The van der Waals surface area contributed by atoms with Crippen molar-refractivity contribution in [2.75, 3.05) is 5.32 Å². The van der Waals surface area contributed by atoms with Gasteiger partial charge in [-0.05, 0) is 39.5 Å². The van der Waals surface area contributed by atoms with Gasteiger partial charge in [-0.25, -0.2) is 9.67 Å². The molecule has 1 N–H and O–H groups in total. The van der Waals surface area contributed by atoms with Gasteiger partial charge in [-0.2, -0.15) is 5.10 Å². The molecule has 3 aromatic heterocycles. The molecule has 3 heterocycles. The molecule has 1 fully saturated rings. The van der Waals surface area contributed by atoms with Crippen LogP contribution in [0.1, 0.15) is 47.6 Å². The highest BCUT2D eigenvalue weighted by Crippen LogP contribution is 2.40. The summed E-state index contributed by atoms with van der Waals surface area (Å²) in [5.41, 5.74) is 2.32. The molecule has 1 saturated carbocycles. The fraction of sp³-hybridized carbons (Fsp3) is 0.438. The minimum absolute atomic E-state index is 0.138. The molecule has 23 heavy (non-hydrogen) atoms. The number of aryl methyl sites for hydroxylation is 2. The molecule has 0 bridgehead atoms. The van der Waals surface area contributed by atoms with Crippen molar-refractivity contribution in [2.45, 2.75) is 39.7 Å². The lowest BCUT2D eigenvalue weighted by Gasteiger charge is -2.16. The molecule has 6 nitrogen and oxygen atoms in total. The number of nitrogens with one attached hydrogen (secondary N) is 1. The summed E-state index contributed by atoms with van der Waals surface area (Å²) in [6.07, 6.45) is 6.18. The topological polar surface area (TPSA) is 64.2 Å². The number of amides is 1. The summed E-state index contributed by atoms with van der Waals surface area (Å²) < 4.78 is 3.79. The largest absolute Gasteiger partial charge is 0.305 e. The molecule has 0 spiro atoms. The number of rotatable bonds is 4. The number of fused-ring (bicyclic) bond motifs is 1. The summed E-state index contributed by atoms with van der Waals surface area (Å²) in [6.45, 7) is 6.01. The molecule has 1 atom stereocenters. The minimum atomic E-state index is -0.138. The smallest absolute Gasteiger partial charge is 0.275 e. The second kappa shape index (κ2) is 5.19. The van der Waals surface area contributed by atoms with Crippen LogP contribution in [0.15, 0.2) is 17.8 Å². The third kappa shape index (κ3) is 2.35. The summed E-state index contributed by atoms with van der Waals surface area (Å²) in [5.74, 6) is 1.32. The van der Waals surface area contributed by atoms with Gasteiger partial charge in [0, 0.05) is 17.1 Å². The first-order valence-electron chi connectivity index (χ1n) is 7.84. The number of hydrogen-bond donors (Lipinski definition) is 1. The SMILES string of the molecule is Cc1cnn([C@H](C)C2CC2)c1NC(=O)c1c(C)nc2sccn12. The lowest BCUT2D eigenvalue weighted by Crippen LogP contribution is -2.20. The fourth-order valence-electron chi connectivity index (χ4n) is 3.03. The predicted octanol–water partition coefficient (Wildman–Crippen LogP) is 3.43. The lowest BCUT2D eigenvalue weighted by atomic mass is 10.2. The van der Waals surface area contributed by atoms with E-state index in [9.17, 15) is 4.79 Å². The Morgan fingerprint density at radius 1 is 1.43 bits per heavy atom. The van der Waals surface area contributed by atoms with E-state index in [0.29, 0.717) is 17.7 Å². The standard InChI is InChI=1S/C16H19N5OS/c1-9-8-17-21(11(3)12-4-5-12)14(9)19-15(22)13-10(2)18-16-20(13)6-7-23-16/h6-8,11-12H,4-5H2,1-3H3,(H,19,22)/t11-/m1/s1. The Kier molecular flexibility index (Phi) is 3.26. The molecule has 0 saturated heterocycles. The number of nitrogens with zero attached hydrogens (tertiary/aromatic N) is 4. The van der Waals surface area contributed by atoms with Gasteiger partial charge in [-0.3, -0.25) is 9.20 Å². The maximum atomic E-state index is 12.8. The van der Waals surface area contributed by atoms with Crippen LogP contribution in [0.4, 0.5) is 5.82 Å². The van der Waals surface area contributed by atoms with Crippen molar-refractivity contribution in [1.29, 1.82) is 0 Å². The van der Waals surface area contributed by atoms with Crippen LogP contribution < -0.4 is 5.32 Å². The van der Waals surface area contributed by atoms with Crippen LogP contribution in [0.2, 0.25) is 0 Å². The Morgan fingerprint density at radius 2 is 2.22 bits per heavy atom. The second-order valence-electron chi connectivity index (χ2n) is 6.25. The molecular weight excluding hydrogens is 310 g/mol.